The van der Waals surface area contributed by atoms with E-state index >= 15 is 0 Å². The van der Waals surface area contributed by atoms with Crippen LogP contribution in [0.5, 0.6) is 0 Å². The Kier molecular flexibility index (Phi) is 4.47. The molecule has 0 aromatic heterocycles. The molecule has 2 rings (SSSR count). The number of nitrogens with zero attached hydrogens (tertiary/aromatic N) is 1. The summed E-state index contributed by atoms with van der Waals surface area (Å²) in [7, 11) is -4.27. The van der Waals surface area contributed by atoms with Gasteiger partial charge in [0, 0.05) is 18.8 Å². The Labute approximate surface area is 121 Å². The highest BCUT2D eigenvalue weighted by atomic mass is 32.2. The van der Waals surface area contributed by atoms with Gasteiger partial charge in [0.25, 0.3) is 0 Å². The first-order valence-electron chi connectivity index (χ1n) is 6.26. The van der Waals surface area contributed by atoms with Gasteiger partial charge in [0.1, 0.15) is 4.90 Å². The van der Waals surface area contributed by atoms with Gasteiger partial charge in [-0.25, -0.2) is 17.2 Å². The maximum absolute atomic E-state index is 13.8. The lowest BCUT2D eigenvalue weighted by Gasteiger charge is -2.35. The number of anilines is 1. The number of benzene rings is 1. The molecule has 1 aromatic carbocycles. The van der Waals surface area contributed by atoms with Gasteiger partial charge in [-0.3, -0.25) is 0 Å². The molecule has 0 radical (unpaired) electrons. The van der Waals surface area contributed by atoms with E-state index in [2.05, 4.69) is 0 Å². The van der Waals surface area contributed by atoms with Crippen molar-refractivity contribution in [3.63, 3.8) is 0 Å². The molecule has 0 bridgehead atoms. The van der Waals surface area contributed by atoms with E-state index in [1.54, 1.807) is 6.92 Å². The molecular formula is C12H16F2N2O4S. The van der Waals surface area contributed by atoms with E-state index in [-0.39, 0.29) is 25.4 Å². The molecule has 1 heterocycles. The van der Waals surface area contributed by atoms with Gasteiger partial charge < -0.3 is 15.6 Å². The fourth-order valence-corrected chi connectivity index (χ4v) is 3.87. The molecule has 1 fully saturated rings. The van der Waals surface area contributed by atoms with Gasteiger partial charge in [0.15, 0.2) is 11.6 Å². The Morgan fingerprint density at radius 3 is 2.71 bits per heavy atom. The SMILES string of the molecule is CC1CN(S(=O)(=O)c2cc(N)cc(F)c2F)CC(CO)O1. The molecule has 1 saturated heterocycles. The van der Waals surface area contributed by atoms with Crippen molar-refractivity contribution in [2.24, 2.45) is 0 Å². The highest BCUT2D eigenvalue weighted by Crippen LogP contribution is 2.26. The maximum Gasteiger partial charge on any atom is 0.246 e. The fraction of sp³-hybridized carbons (Fsp3) is 0.500. The van der Waals surface area contributed by atoms with Crippen molar-refractivity contribution in [3.8, 4) is 0 Å². The quantitative estimate of drug-likeness (QED) is 0.782. The van der Waals surface area contributed by atoms with E-state index in [4.69, 9.17) is 15.6 Å². The van der Waals surface area contributed by atoms with Gasteiger partial charge in [0.05, 0.1) is 18.8 Å². The molecule has 0 saturated carbocycles. The third-order valence-electron chi connectivity index (χ3n) is 3.13. The minimum atomic E-state index is -4.27. The van der Waals surface area contributed by atoms with Crippen LogP contribution in [0.2, 0.25) is 0 Å². The van der Waals surface area contributed by atoms with Crippen LogP contribution < -0.4 is 5.73 Å². The summed E-state index contributed by atoms with van der Waals surface area (Å²) in [5.74, 6) is -2.79. The Morgan fingerprint density at radius 1 is 1.43 bits per heavy atom. The van der Waals surface area contributed by atoms with Crippen LogP contribution in [0.1, 0.15) is 6.92 Å². The number of sulfonamides is 1. The van der Waals surface area contributed by atoms with Crippen LogP contribution in [0.3, 0.4) is 0 Å². The van der Waals surface area contributed by atoms with Crippen LogP contribution in [-0.2, 0) is 14.8 Å². The summed E-state index contributed by atoms with van der Waals surface area (Å²) in [4.78, 5) is -0.814. The van der Waals surface area contributed by atoms with E-state index in [0.717, 1.165) is 10.4 Å². The molecule has 6 nitrogen and oxygen atoms in total. The summed E-state index contributed by atoms with van der Waals surface area (Å²) in [6, 6.07) is 1.59. The lowest BCUT2D eigenvalue weighted by molar-refractivity contribution is -0.0750. The first kappa shape index (κ1) is 16.1. The van der Waals surface area contributed by atoms with Gasteiger partial charge in [-0.05, 0) is 19.1 Å². The number of hydrogen-bond donors (Lipinski definition) is 2. The van der Waals surface area contributed by atoms with Gasteiger partial charge in [0.2, 0.25) is 10.0 Å². The minimum absolute atomic E-state index is 0.0192. The van der Waals surface area contributed by atoms with Crippen molar-refractivity contribution in [2.45, 2.75) is 24.0 Å². The monoisotopic (exact) mass is 322 g/mol. The van der Waals surface area contributed by atoms with Crippen molar-refractivity contribution in [2.75, 3.05) is 25.4 Å². The number of morpholine rings is 1. The lowest BCUT2D eigenvalue weighted by Crippen LogP contribution is -2.50. The number of ether oxygens (including phenoxy) is 1. The van der Waals surface area contributed by atoms with Gasteiger partial charge in [-0.1, -0.05) is 0 Å². The Bertz CT molecular complexity index is 638. The van der Waals surface area contributed by atoms with Crippen molar-refractivity contribution in [1.29, 1.82) is 0 Å². The van der Waals surface area contributed by atoms with Crippen LogP contribution in [0.25, 0.3) is 0 Å². The molecule has 3 N–H and O–H groups in total. The van der Waals surface area contributed by atoms with Crippen molar-refractivity contribution in [3.05, 3.63) is 23.8 Å². The standard InChI is InChI=1S/C12H16F2N2O4S/c1-7-4-16(5-9(6-17)20-7)21(18,19)11-3-8(15)2-10(13)12(11)14/h2-3,7,9,17H,4-6,15H2,1H3. The largest absolute Gasteiger partial charge is 0.399 e. The molecule has 118 valence electrons. The van der Waals surface area contributed by atoms with Crippen LogP contribution in [0.15, 0.2) is 17.0 Å². The van der Waals surface area contributed by atoms with Crippen LogP contribution in [0.4, 0.5) is 14.5 Å². The normalized spacial score (nSPS) is 24.2. The van der Waals surface area contributed by atoms with Gasteiger partial charge in [-0.2, -0.15) is 4.31 Å². The highest BCUT2D eigenvalue weighted by Gasteiger charge is 2.35. The third kappa shape index (κ3) is 3.15. The molecular weight excluding hydrogens is 306 g/mol. The minimum Gasteiger partial charge on any atom is -0.399 e. The summed E-state index contributed by atoms with van der Waals surface area (Å²) < 4.78 is 58.3. The zero-order valence-electron chi connectivity index (χ0n) is 11.3. The Balaban J connectivity index is 2.42. The molecule has 2 unspecified atom stereocenters. The highest BCUT2D eigenvalue weighted by molar-refractivity contribution is 7.89. The summed E-state index contributed by atoms with van der Waals surface area (Å²) in [5, 5.41) is 9.11. The van der Waals surface area contributed by atoms with Crippen LogP contribution in [0, 0.1) is 11.6 Å². The van der Waals surface area contributed by atoms with Gasteiger partial charge in [-0.15, -0.1) is 0 Å². The van der Waals surface area contributed by atoms with E-state index in [1.807, 2.05) is 0 Å². The average Bonchev–Trinajstić information content (AvgIpc) is 2.41. The van der Waals surface area contributed by atoms with Crippen molar-refractivity contribution >= 4 is 15.7 Å². The topological polar surface area (TPSA) is 92.9 Å². The lowest BCUT2D eigenvalue weighted by atomic mass is 10.2. The summed E-state index contributed by atoms with van der Waals surface area (Å²) in [5.41, 5.74) is 5.19. The number of aliphatic hydroxyl groups excluding tert-OH is 1. The third-order valence-corrected chi connectivity index (χ3v) is 4.96. The predicted octanol–water partition coefficient (Wildman–Crippen LogP) is 0.317. The fourth-order valence-electron chi connectivity index (χ4n) is 2.21. The number of nitrogen functional groups attached to an aromatic ring is 1. The van der Waals surface area contributed by atoms with E-state index in [0.29, 0.717) is 6.07 Å². The number of hydrogen-bond acceptors (Lipinski definition) is 5. The maximum atomic E-state index is 13.8. The van der Waals surface area contributed by atoms with Crippen molar-refractivity contribution in [1.82, 2.24) is 4.31 Å². The second-order valence-electron chi connectivity index (χ2n) is 4.89. The predicted molar refractivity (Wildman–Crippen MR) is 71.0 cm³/mol. The molecule has 2 atom stereocenters. The smallest absolute Gasteiger partial charge is 0.246 e. The summed E-state index contributed by atoms with van der Waals surface area (Å²) >= 11 is 0. The first-order valence-corrected chi connectivity index (χ1v) is 7.70. The molecule has 0 aliphatic carbocycles. The van der Waals surface area contributed by atoms with Crippen LogP contribution in [-0.4, -0.2) is 49.7 Å². The van der Waals surface area contributed by atoms with Crippen LogP contribution >= 0.6 is 0 Å². The Morgan fingerprint density at radius 2 is 2.10 bits per heavy atom. The first-order chi connectivity index (χ1) is 9.75. The molecule has 0 amide bonds. The zero-order chi connectivity index (χ0) is 15.8. The second kappa shape index (κ2) is 5.84. The van der Waals surface area contributed by atoms with E-state index in [9.17, 15) is 17.2 Å². The molecule has 9 heteroatoms. The summed E-state index contributed by atoms with van der Waals surface area (Å²) in [6.45, 7) is 1.10. The van der Waals surface area contributed by atoms with E-state index < -0.39 is 38.8 Å². The summed E-state index contributed by atoms with van der Waals surface area (Å²) in [6.07, 6.45) is -1.18. The van der Waals surface area contributed by atoms with Crippen molar-refractivity contribution < 1.29 is 27.0 Å². The number of halogens is 2. The zero-order valence-corrected chi connectivity index (χ0v) is 12.1. The number of rotatable bonds is 3. The molecule has 1 aliphatic heterocycles. The molecule has 1 aromatic rings. The molecule has 21 heavy (non-hydrogen) atoms. The molecule has 1 aliphatic rings. The Hall–Kier alpha value is -1.29. The van der Waals surface area contributed by atoms with E-state index in [1.165, 1.54) is 0 Å². The second-order valence-corrected chi connectivity index (χ2v) is 6.79. The molecule has 0 spiro atoms. The average molecular weight is 322 g/mol. The van der Waals surface area contributed by atoms with Gasteiger partial charge >= 0.3 is 0 Å². The number of aliphatic hydroxyl groups is 1. The number of nitrogens with two attached hydrogens (primary N) is 1.